The van der Waals surface area contributed by atoms with E-state index in [0.29, 0.717) is 5.69 Å². The predicted octanol–water partition coefficient (Wildman–Crippen LogP) is 6.96. The highest BCUT2D eigenvalue weighted by Crippen LogP contribution is 2.20. The second-order valence-electron chi connectivity index (χ2n) is 8.17. The van der Waals surface area contributed by atoms with E-state index in [0.717, 1.165) is 30.8 Å². The van der Waals surface area contributed by atoms with Crippen molar-refractivity contribution in [3.8, 4) is 0 Å². The van der Waals surface area contributed by atoms with Crippen LogP contribution in [0.5, 0.6) is 0 Å². The fraction of sp³-hybridized carbons (Fsp3) is 0.708. The van der Waals surface area contributed by atoms with Gasteiger partial charge in [0.2, 0.25) is 0 Å². The van der Waals surface area contributed by atoms with Crippen LogP contribution in [0.1, 0.15) is 90.9 Å². The summed E-state index contributed by atoms with van der Waals surface area (Å²) in [6.45, 7) is 14.8. The predicted molar refractivity (Wildman–Crippen MR) is 122 cm³/mol. The van der Waals surface area contributed by atoms with Crippen molar-refractivity contribution in [2.75, 3.05) is 13.1 Å². The van der Waals surface area contributed by atoms with Gasteiger partial charge >= 0.3 is 0 Å². The van der Waals surface area contributed by atoms with Crippen LogP contribution >= 0.6 is 0 Å². The van der Waals surface area contributed by atoms with Crippen molar-refractivity contribution in [2.24, 2.45) is 0 Å². The molecular weight excluding hydrogens is 358 g/mol. The molecule has 0 unspecified atom stereocenters. The summed E-state index contributed by atoms with van der Waals surface area (Å²) >= 11 is 0. The summed E-state index contributed by atoms with van der Waals surface area (Å²) in [6, 6.07) is 5.63. The number of fused-ring (bicyclic) bond motifs is 1. The maximum Gasteiger partial charge on any atom is 0.189 e. The molecule has 160 valence electrons. The van der Waals surface area contributed by atoms with Gasteiger partial charge in [-0.2, -0.15) is 0 Å². The monoisotopic (exact) mass is 397 g/mol. The summed E-state index contributed by atoms with van der Waals surface area (Å²) in [7, 11) is 0. The smallest absolute Gasteiger partial charge is 0.189 e. The zero-order valence-corrected chi connectivity index (χ0v) is 18.6. The molecule has 2 aromatic rings. The number of benzene rings is 1. The molecule has 0 saturated carbocycles. The van der Waals surface area contributed by atoms with Crippen molar-refractivity contribution < 1.29 is 0 Å². The van der Waals surface area contributed by atoms with E-state index >= 15 is 0 Å². The van der Waals surface area contributed by atoms with Gasteiger partial charge in [-0.15, -0.1) is 5.10 Å². The van der Waals surface area contributed by atoms with Crippen LogP contribution in [0.15, 0.2) is 18.2 Å². The molecule has 1 heterocycles. The van der Waals surface area contributed by atoms with E-state index in [9.17, 15) is 0 Å². The topological polar surface area (TPSA) is 38.3 Å². The Hall–Kier alpha value is -1.93. The molecule has 5 nitrogen and oxygen atoms in total. The molecule has 0 aliphatic heterocycles. The first-order valence-corrected chi connectivity index (χ1v) is 11.7. The third-order valence-electron chi connectivity index (χ3n) is 5.62. The van der Waals surface area contributed by atoms with E-state index in [1.54, 1.807) is 0 Å². The van der Waals surface area contributed by atoms with Crippen LogP contribution in [-0.2, 0) is 6.67 Å². The van der Waals surface area contributed by atoms with Crippen LogP contribution in [0.2, 0.25) is 0 Å². The van der Waals surface area contributed by atoms with Crippen molar-refractivity contribution >= 4 is 16.7 Å². The highest BCUT2D eigenvalue weighted by molar-refractivity contribution is 5.78. The van der Waals surface area contributed by atoms with E-state index in [-0.39, 0.29) is 0 Å². The summed E-state index contributed by atoms with van der Waals surface area (Å²) in [6.07, 6.45) is 15.9. The maximum absolute atomic E-state index is 7.27. The van der Waals surface area contributed by atoms with Crippen molar-refractivity contribution in [3.05, 3.63) is 29.6 Å². The van der Waals surface area contributed by atoms with Gasteiger partial charge in [0.1, 0.15) is 5.52 Å². The molecule has 0 aliphatic carbocycles. The lowest BCUT2D eigenvalue weighted by Crippen LogP contribution is -2.29. The largest absolute Gasteiger partial charge is 0.284 e. The maximum atomic E-state index is 7.27. The molecule has 0 aliphatic rings. The van der Waals surface area contributed by atoms with Gasteiger partial charge in [-0.1, -0.05) is 89.3 Å². The molecule has 0 radical (unpaired) electrons. The number of nitrogens with zero attached hydrogens (tertiary/aromatic N) is 5. The Bertz CT molecular complexity index is 714. The lowest BCUT2D eigenvalue weighted by molar-refractivity contribution is 0.199. The van der Waals surface area contributed by atoms with Gasteiger partial charge in [0.25, 0.3) is 0 Å². The number of rotatable bonds is 16. The van der Waals surface area contributed by atoms with Gasteiger partial charge in [0.15, 0.2) is 5.69 Å². The highest BCUT2D eigenvalue weighted by Gasteiger charge is 2.11. The van der Waals surface area contributed by atoms with Crippen molar-refractivity contribution in [3.63, 3.8) is 0 Å². The molecule has 0 spiro atoms. The fourth-order valence-electron chi connectivity index (χ4n) is 3.80. The SMILES string of the molecule is [C-]#[N+]c1ccc2nnn(CN(CCCCCCCC)CCCCCCCC)c2c1. The number of aromatic nitrogens is 3. The third-order valence-corrected chi connectivity index (χ3v) is 5.62. The summed E-state index contributed by atoms with van der Waals surface area (Å²) in [5.74, 6) is 0. The minimum atomic E-state index is 0.652. The highest BCUT2D eigenvalue weighted by atomic mass is 15.5. The Morgan fingerprint density at radius 1 is 0.862 bits per heavy atom. The Labute approximate surface area is 177 Å². The van der Waals surface area contributed by atoms with Gasteiger partial charge < -0.3 is 0 Å². The quantitative estimate of drug-likeness (QED) is 0.227. The molecule has 0 saturated heterocycles. The minimum Gasteiger partial charge on any atom is -0.284 e. The first kappa shape index (κ1) is 23.3. The van der Waals surface area contributed by atoms with Gasteiger partial charge in [0.05, 0.1) is 18.8 Å². The van der Waals surface area contributed by atoms with Gasteiger partial charge in [-0.3, -0.25) is 4.90 Å². The Morgan fingerprint density at radius 3 is 2.03 bits per heavy atom. The summed E-state index contributed by atoms with van der Waals surface area (Å²) in [5.41, 5.74) is 2.49. The van der Waals surface area contributed by atoms with Crippen LogP contribution in [0.4, 0.5) is 5.69 Å². The van der Waals surface area contributed by atoms with Crippen molar-refractivity contribution in [1.29, 1.82) is 0 Å². The third kappa shape index (κ3) is 8.53. The summed E-state index contributed by atoms with van der Waals surface area (Å²) in [5, 5.41) is 8.66. The standard InChI is InChI=1S/C24H39N5/c1-4-6-8-10-12-14-18-28(19-15-13-11-9-7-5-2)21-29-24-20-22(25-3)16-17-23(24)26-27-29/h16-17,20H,4-15,18-19,21H2,1-2H3. The van der Waals surface area contributed by atoms with Gasteiger partial charge in [-0.25, -0.2) is 9.53 Å². The Balaban J connectivity index is 1.90. The number of hydrogen-bond acceptors (Lipinski definition) is 3. The van der Waals surface area contributed by atoms with Crippen molar-refractivity contribution in [2.45, 2.75) is 97.6 Å². The molecule has 2 rings (SSSR count). The zero-order valence-electron chi connectivity index (χ0n) is 18.6. The van der Waals surface area contributed by atoms with E-state index < -0.39 is 0 Å². The first-order chi connectivity index (χ1) is 14.3. The van der Waals surface area contributed by atoms with Crippen LogP contribution < -0.4 is 0 Å². The zero-order chi connectivity index (χ0) is 20.7. The van der Waals surface area contributed by atoms with E-state index in [4.69, 9.17) is 6.57 Å². The molecule has 0 fully saturated rings. The average Bonchev–Trinajstić information content (AvgIpc) is 3.14. The van der Waals surface area contributed by atoms with E-state index in [1.807, 2.05) is 22.9 Å². The van der Waals surface area contributed by atoms with Gasteiger partial charge in [0, 0.05) is 0 Å². The second-order valence-corrected chi connectivity index (χ2v) is 8.17. The first-order valence-electron chi connectivity index (χ1n) is 11.7. The Morgan fingerprint density at radius 2 is 1.45 bits per heavy atom. The van der Waals surface area contributed by atoms with E-state index in [1.165, 1.54) is 77.0 Å². The molecule has 0 bridgehead atoms. The van der Waals surface area contributed by atoms with Crippen LogP contribution in [0, 0.1) is 6.57 Å². The molecule has 1 aromatic heterocycles. The summed E-state index contributed by atoms with van der Waals surface area (Å²) in [4.78, 5) is 6.08. The Kier molecular flexibility index (Phi) is 11.4. The molecule has 0 atom stereocenters. The molecule has 0 amide bonds. The summed E-state index contributed by atoms with van der Waals surface area (Å²) < 4.78 is 1.97. The van der Waals surface area contributed by atoms with Crippen LogP contribution in [0.3, 0.4) is 0 Å². The molecule has 5 heteroatoms. The molecule has 29 heavy (non-hydrogen) atoms. The van der Waals surface area contributed by atoms with Crippen molar-refractivity contribution in [1.82, 2.24) is 19.9 Å². The fourth-order valence-corrected chi connectivity index (χ4v) is 3.80. The molecule has 0 N–H and O–H groups in total. The number of hydrogen-bond donors (Lipinski definition) is 0. The van der Waals surface area contributed by atoms with Crippen LogP contribution in [0.25, 0.3) is 15.9 Å². The normalized spacial score (nSPS) is 11.4. The van der Waals surface area contributed by atoms with Gasteiger partial charge in [-0.05, 0) is 38.1 Å². The van der Waals surface area contributed by atoms with E-state index in [2.05, 4.69) is 33.9 Å². The number of unbranched alkanes of at least 4 members (excludes halogenated alkanes) is 10. The van der Waals surface area contributed by atoms with Crippen LogP contribution in [-0.4, -0.2) is 33.0 Å². The molecular formula is C24H39N5. The minimum absolute atomic E-state index is 0.652. The second kappa shape index (κ2) is 14.1. The molecule has 1 aromatic carbocycles. The average molecular weight is 398 g/mol. The lowest BCUT2D eigenvalue weighted by atomic mass is 10.1. The lowest BCUT2D eigenvalue weighted by Gasteiger charge is -2.22.